The molecule has 0 unspecified atom stereocenters. The third-order valence-corrected chi connectivity index (χ3v) is 5.00. The Morgan fingerprint density at radius 2 is 2.00 bits per heavy atom. The molecule has 0 bridgehead atoms. The summed E-state index contributed by atoms with van der Waals surface area (Å²) < 4.78 is 0. The zero-order valence-corrected chi connectivity index (χ0v) is 13.3. The summed E-state index contributed by atoms with van der Waals surface area (Å²) in [5.74, 6) is 0. The molecule has 0 aromatic rings. The summed E-state index contributed by atoms with van der Waals surface area (Å²) >= 11 is 5.93. The lowest BCUT2D eigenvalue weighted by atomic mass is 9.72. The van der Waals surface area contributed by atoms with Gasteiger partial charge in [0.15, 0.2) is 0 Å². The molecule has 2 N–H and O–H groups in total. The van der Waals surface area contributed by atoms with Crippen molar-refractivity contribution in [1.29, 1.82) is 0 Å². The number of piperidine rings is 1. The van der Waals surface area contributed by atoms with Gasteiger partial charge in [-0.3, -0.25) is 0 Å². The van der Waals surface area contributed by atoms with Crippen molar-refractivity contribution in [3.05, 3.63) is 11.3 Å². The molecule has 3 nitrogen and oxygen atoms in total. The van der Waals surface area contributed by atoms with Crippen LogP contribution in [0.4, 0.5) is 0 Å². The molecule has 0 amide bonds. The van der Waals surface area contributed by atoms with Crippen LogP contribution in [0.1, 0.15) is 47.0 Å². The van der Waals surface area contributed by atoms with Crippen LogP contribution in [-0.4, -0.2) is 35.2 Å². The van der Waals surface area contributed by atoms with Crippen LogP contribution in [-0.2, 0) is 0 Å². The Balaban J connectivity index is 2.11. The highest BCUT2D eigenvalue weighted by Gasteiger charge is 2.46. The van der Waals surface area contributed by atoms with Gasteiger partial charge < -0.3 is 10.6 Å². The number of nitrogens with two attached hydrogens (primary N) is 1. The van der Waals surface area contributed by atoms with Crippen molar-refractivity contribution in [2.24, 2.45) is 16.1 Å². The molecule has 0 aromatic carbocycles. The van der Waals surface area contributed by atoms with Crippen LogP contribution in [0.5, 0.6) is 0 Å². The molecule has 1 aliphatic carbocycles. The Labute approximate surface area is 121 Å². The van der Waals surface area contributed by atoms with Crippen molar-refractivity contribution in [2.45, 2.75) is 59.0 Å². The van der Waals surface area contributed by atoms with Gasteiger partial charge in [-0.1, -0.05) is 11.6 Å². The van der Waals surface area contributed by atoms with Crippen molar-refractivity contribution in [3.8, 4) is 0 Å². The van der Waals surface area contributed by atoms with Gasteiger partial charge in [0.25, 0.3) is 0 Å². The average Bonchev–Trinajstić information content (AvgIpc) is 2.55. The number of rotatable bonds is 2. The predicted octanol–water partition coefficient (Wildman–Crippen LogP) is 3.14. The molecule has 1 heterocycles. The van der Waals surface area contributed by atoms with Gasteiger partial charge in [-0.25, -0.2) is 4.99 Å². The number of nitrogens with zero attached hydrogens (tertiary/aromatic N) is 2. The van der Waals surface area contributed by atoms with Crippen LogP contribution in [0.3, 0.4) is 0 Å². The standard InChI is InChI=1S/C15H26ClN3/c1-10(2)19-7-5-15(6-8-19)9-13(18-12(4)16)11(3)14(15)17/h10,14H,5-9,17H2,1-4H3/t14-/m1/s1. The minimum atomic E-state index is 0.150. The summed E-state index contributed by atoms with van der Waals surface area (Å²) in [5, 5.41) is 0.609. The fraction of sp³-hybridized carbons (Fsp3) is 0.800. The van der Waals surface area contributed by atoms with E-state index >= 15 is 0 Å². The zero-order chi connectivity index (χ0) is 14.2. The second-order valence-corrected chi connectivity index (χ2v) is 6.93. The molecule has 4 heteroatoms. The first kappa shape index (κ1) is 15.0. The molecule has 1 aliphatic heterocycles. The van der Waals surface area contributed by atoms with Crippen LogP contribution in [0.25, 0.3) is 0 Å². The molecule has 1 fully saturated rings. The maximum absolute atomic E-state index is 6.49. The van der Waals surface area contributed by atoms with Gasteiger partial charge in [0.05, 0.1) is 0 Å². The van der Waals surface area contributed by atoms with Crippen molar-refractivity contribution in [1.82, 2.24) is 4.90 Å². The summed E-state index contributed by atoms with van der Waals surface area (Å²) in [7, 11) is 0. The minimum absolute atomic E-state index is 0.150. The Bertz CT molecular complexity index is 400. The van der Waals surface area contributed by atoms with Crippen LogP contribution in [0.15, 0.2) is 16.3 Å². The first-order valence-corrected chi connectivity index (χ1v) is 7.63. The highest BCUT2D eigenvalue weighted by atomic mass is 35.5. The molecule has 2 aliphatic rings. The van der Waals surface area contributed by atoms with E-state index in [4.69, 9.17) is 17.3 Å². The molecular formula is C15H26ClN3. The summed E-state index contributed by atoms with van der Waals surface area (Å²) in [6, 6.07) is 0.781. The number of hydrogen-bond acceptors (Lipinski definition) is 3. The normalized spacial score (nSPS) is 28.8. The molecule has 1 atom stereocenters. The van der Waals surface area contributed by atoms with E-state index in [1.54, 1.807) is 0 Å². The molecule has 0 radical (unpaired) electrons. The van der Waals surface area contributed by atoms with E-state index in [1.807, 2.05) is 6.92 Å². The zero-order valence-electron chi connectivity index (χ0n) is 12.5. The maximum Gasteiger partial charge on any atom is 0.103 e. The number of halogens is 1. The summed E-state index contributed by atoms with van der Waals surface area (Å²) in [5.41, 5.74) is 9.07. The van der Waals surface area contributed by atoms with Gasteiger partial charge in [-0.05, 0) is 71.0 Å². The van der Waals surface area contributed by atoms with Crippen molar-refractivity contribution in [3.63, 3.8) is 0 Å². The molecule has 1 saturated heterocycles. The van der Waals surface area contributed by atoms with Crippen molar-refractivity contribution < 1.29 is 0 Å². The van der Waals surface area contributed by atoms with E-state index in [-0.39, 0.29) is 11.5 Å². The predicted molar refractivity (Wildman–Crippen MR) is 82.6 cm³/mol. The molecule has 0 saturated carbocycles. The summed E-state index contributed by atoms with van der Waals surface area (Å²) in [6.07, 6.45) is 3.34. The van der Waals surface area contributed by atoms with E-state index in [1.165, 1.54) is 18.4 Å². The molecular weight excluding hydrogens is 258 g/mol. The Morgan fingerprint density at radius 3 is 2.47 bits per heavy atom. The lowest BCUT2D eigenvalue weighted by molar-refractivity contribution is 0.0783. The van der Waals surface area contributed by atoms with Crippen LogP contribution < -0.4 is 5.73 Å². The van der Waals surface area contributed by atoms with E-state index < -0.39 is 0 Å². The van der Waals surface area contributed by atoms with Crippen LogP contribution in [0, 0.1) is 5.41 Å². The van der Waals surface area contributed by atoms with Crippen molar-refractivity contribution >= 4 is 16.8 Å². The first-order valence-electron chi connectivity index (χ1n) is 7.26. The van der Waals surface area contributed by atoms with E-state index in [9.17, 15) is 0 Å². The van der Waals surface area contributed by atoms with Crippen LogP contribution >= 0.6 is 11.6 Å². The fourth-order valence-corrected chi connectivity index (χ4v) is 3.61. The summed E-state index contributed by atoms with van der Waals surface area (Å²) in [4.78, 5) is 7.02. The SMILES string of the molecule is CC(Cl)=NC1=C(C)[C@@H](N)C2(CCN(C(C)C)CC2)C1. The molecule has 2 rings (SSSR count). The molecule has 0 aromatic heterocycles. The highest BCUT2D eigenvalue weighted by molar-refractivity contribution is 6.64. The van der Waals surface area contributed by atoms with Gasteiger partial charge in [0.1, 0.15) is 5.17 Å². The van der Waals surface area contributed by atoms with Gasteiger partial charge in [0, 0.05) is 17.8 Å². The molecule has 108 valence electrons. The third-order valence-electron chi connectivity index (χ3n) is 4.91. The minimum Gasteiger partial charge on any atom is -0.324 e. The fourth-order valence-electron chi connectivity index (χ4n) is 3.51. The topological polar surface area (TPSA) is 41.6 Å². The summed E-state index contributed by atoms with van der Waals surface area (Å²) in [6.45, 7) is 10.8. The number of aliphatic imine (C=N–C) groups is 1. The van der Waals surface area contributed by atoms with Crippen molar-refractivity contribution in [2.75, 3.05) is 13.1 Å². The Morgan fingerprint density at radius 1 is 1.42 bits per heavy atom. The van der Waals surface area contributed by atoms with Gasteiger partial charge in [-0.15, -0.1) is 0 Å². The highest BCUT2D eigenvalue weighted by Crippen LogP contribution is 2.48. The van der Waals surface area contributed by atoms with Gasteiger partial charge in [0.2, 0.25) is 0 Å². The van der Waals surface area contributed by atoms with E-state index in [0.717, 1.165) is 25.2 Å². The number of hydrogen-bond donors (Lipinski definition) is 1. The monoisotopic (exact) mass is 283 g/mol. The second kappa shape index (κ2) is 5.55. The average molecular weight is 284 g/mol. The number of likely N-dealkylation sites (tertiary alicyclic amines) is 1. The Hall–Kier alpha value is -0.380. The van der Waals surface area contributed by atoms with Gasteiger partial charge in [-0.2, -0.15) is 0 Å². The lowest BCUT2D eigenvalue weighted by Crippen LogP contribution is -2.49. The second-order valence-electron chi connectivity index (χ2n) is 6.39. The van der Waals surface area contributed by atoms with E-state index in [0.29, 0.717) is 11.2 Å². The third kappa shape index (κ3) is 2.88. The van der Waals surface area contributed by atoms with Gasteiger partial charge >= 0.3 is 0 Å². The first-order chi connectivity index (χ1) is 8.85. The Kier molecular flexibility index (Phi) is 4.38. The lowest BCUT2D eigenvalue weighted by Gasteiger charge is -2.44. The smallest absolute Gasteiger partial charge is 0.103 e. The van der Waals surface area contributed by atoms with Crippen LogP contribution in [0.2, 0.25) is 0 Å². The quantitative estimate of drug-likeness (QED) is 0.791. The molecule has 1 spiro atoms. The number of allylic oxidation sites excluding steroid dienone is 1. The van der Waals surface area contributed by atoms with E-state index in [2.05, 4.69) is 30.7 Å². The largest absolute Gasteiger partial charge is 0.324 e. The molecule has 19 heavy (non-hydrogen) atoms. The maximum atomic E-state index is 6.49.